The van der Waals surface area contributed by atoms with Crippen LogP contribution in [0, 0.1) is 5.92 Å². The highest BCUT2D eigenvalue weighted by molar-refractivity contribution is 5.55. The largest absolute Gasteiger partial charge is 0.365 e. The van der Waals surface area contributed by atoms with Crippen LogP contribution in [0.1, 0.15) is 18.2 Å². The van der Waals surface area contributed by atoms with Crippen LogP contribution in [0.15, 0.2) is 30.5 Å². The molecular formula is C15H21N5. The van der Waals surface area contributed by atoms with E-state index < -0.39 is 0 Å². The van der Waals surface area contributed by atoms with E-state index >= 15 is 0 Å². The normalized spacial score (nSPS) is 18.1. The Hall–Kier alpha value is -1.88. The lowest BCUT2D eigenvalue weighted by Crippen LogP contribution is -2.33. The van der Waals surface area contributed by atoms with E-state index in [2.05, 4.69) is 46.4 Å². The van der Waals surface area contributed by atoms with Crippen molar-refractivity contribution in [1.29, 1.82) is 0 Å². The van der Waals surface area contributed by atoms with E-state index in [0.717, 1.165) is 31.7 Å². The summed E-state index contributed by atoms with van der Waals surface area (Å²) >= 11 is 0. The van der Waals surface area contributed by atoms with Crippen molar-refractivity contribution in [2.75, 3.05) is 18.0 Å². The van der Waals surface area contributed by atoms with E-state index in [1.165, 1.54) is 11.3 Å². The molecule has 0 aliphatic carbocycles. The van der Waals surface area contributed by atoms with Gasteiger partial charge in [0.2, 0.25) is 0 Å². The van der Waals surface area contributed by atoms with E-state index in [1.807, 2.05) is 10.9 Å². The molecule has 5 heteroatoms. The number of rotatable bonds is 4. The number of nitrogens with zero attached hydrogens (tertiary/aromatic N) is 4. The number of para-hydroxylation sites is 1. The van der Waals surface area contributed by atoms with Crippen LogP contribution in [0.4, 0.5) is 5.69 Å². The van der Waals surface area contributed by atoms with Crippen molar-refractivity contribution in [3.8, 4) is 0 Å². The average Bonchev–Trinajstić information content (AvgIpc) is 2.86. The maximum atomic E-state index is 5.54. The van der Waals surface area contributed by atoms with Crippen LogP contribution in [0.5, 0.6) is 0 Å². The number of anilines is 1. The predicted octanol–water partition coefficient (Wildman–Crippen LogP) is 1.44. The van der Waals surface area contributed by atoms with Gasteiger partial charge in [0.15, 0.2) is 0 Å². The van der Waals surface area contributed by atoms with E-state index in [0.29, 0.717) is 12.5 Å². The maximum absolute atomic E-state index is 5.54. The number of aromatic nitrogens is 3. The molecule has 20 heavy (non-hydrogen) atoms. The molecule has 1 aromatic carbocycles. The molecule has 1 unspecified atom stereocenters. The third-order valence-electron chi connectivity index (χ3n) is 3.73. The number of hydrogen-bond acceptors (Lipinski definition) is 4. The summed E-state index contributed by atoms with van der Waals surface area (Å²) in [4.78, 5) is 2.40. The highest BCUT2D eigenvalue weighted by Crippen LogP contribution is 2.30. The molecule has 0 fully saturated rings. The fourth-order valence-electron chi connectivity index (χ4n) is 2.90. The van der Waals surface area contributed by atoms with Crippen LogP contribution in [-0.4, -0.2) is 28.1 Å². The van der Waals surface area contributed by atoms with Crippen molar-refractivity contribution in [2.24, 2.45) is 11.7 Å². The highest BCUT2D eigenvalue weighted by Gasteiger charge is 2.22. The molecule has 1 aliphatic rings. The molecule has 0 saturated carbocycles. The summed E-state index contributed by atoms with van der Waals surface area (Å²) in [6.07, 6.45) is 3.15. The second-order valence-electron chi connectivity index (χ2n) is 5.58. The molecule has 0 bridgehead atoms. The molecule has 3 rings (SSSR count). The number of fused-ring (bicyclic) bond motifs is 1. The minimum absolute atomic E-state index is 0.590. The quantitative estimate of drug-likeness (QED) is 0.914. The standard InChI is InChI=1S/C15H21N5/c1-12-8-13-4-2-3-5-15(13)19(9-12)10-14-11-20(7-6-16)18-17-14/h2-5,11-12H,6-10,16H2,1H3. The Bertz CT molecular complexity index is 577. The van der Waals surface area contributed by atoms with Gasteiger partial charge in [-0.25, -0.2) is 0 Å². The molecule has 1 aliphatic heterocycles. The summed E-state index contributed by atoms with van der Waals surface area (Å²) in [5.74, 6) is 0.670. The first kappa shape index (κ1) is 13.1. The number of hydrogen-bond donors (Lipinski definition) is 1. The first-order chi connectivity index (χ1) is 9.76. The SMILES string of the molecule is CC1Cc2ccccc2N(Cc2cn(CCN)nn2)C1. The number of benzene rings is 1. The van der Waals surface area contributed by atoms with Gasteiger partial charge in [0.1, 0.15) is 5.69 Å². The highest BCUT2D eigenvalue weighted by atomic mass is 15.4. The van der Waals surface area contributed by atoms with Crippen molar-refractivity contribution in [1.82, 2.24) is 15.0 Å². The minimum Gasteiger partial charge on any atom is -0.365 e. The Labute approximate surface area is 119 Å². The third kappa shape index (κ3) is 2.67. The van der Waals surface area contributed by atoms with Gasteiger partial charge in [-0.05, 0) is 24.0 Å². The van der Waals surface area contributed by atoms with Gasteiger partial charge >= 0.3 is 0 Å². The Morgan fingerprint density at radius 3 is 3.05 bits per heavy atom. The van der Waals surface area contributed by atoms with Crippen molar-refractivity contribution >= 4 is 5.69 Å². The monoisotopic (exact) mass is 271 g/mol. The second kappa shape index (κ2) is 5.63. The summed E-state index contributed by atoms with van der Waals surface area (Å²) in [5.41, 5.74) is 9.30. The van der Waals surface area contributed by atoms with E-state index in [-0.39, 0.29) is 0 Å². The summed E-state index contributed by atoms with van der Waals surface area (Å²) < 4.78 is 1.81. The topological polar surface area (TPSA) is 60.0 Å². The van der Waals surface area contributed by atoms with E-state index in [4.69, 9.17) is 5.73 Å². The van der Waals surface area contributed by atoms with Crippen LogP contribution >= 0.6 is 0 Å². The van der Waals surface area contributed by atoms with Gasteiger partial charge in [0.05, 0.1) is 19.3 Å². The zero-order chi connectivity index (χ0) is 13.9. The zero-order valence-electron chi connectivity index (χ0n) is 11.9. The van der Waals surface area contributed by atoms with Crippen molar-refractivity contribution < 1.29 is 0 Å². The molecule has 0 saturated heterocycles. The molecule has 0 radical (unpaired) electrons. The molecule has 5 nitrogen and oxygen atoms in total. The van der Waals surface area contributed by atoms with Crippen LogP contribution in [-0.2, 0) is 19.5 Å². The molecule has 2 heterocycles. The van der Waals surface area contributed by atoms with Gasteiger partial charge in [-0.3, -0.25) is 4.68 Å². The summed E-state index contributed by atoms with van der Waals surface area (Å²) in [6, 6.07) is 8.65. The number of nitrogens with two attached hydrogens (primary N) is 1. The van der Waals surface area contributed by atoms with Gasteiger partial charge in [-0.15, -0.1) is 5.10 Å². The van der Waals surface area contributed by atoms with Crippen LogP contribution in [0.2, 0.25) is 0 Å². The minimum atomic E-state index is 0.590. The van der Waals surface area contributed by atoms with Crippen LogP contribution < -0.4 is 10.6 Å². The lowest BCUT2D eigenvalue weighted by molar-refractivity contribution is 0.528. The summed E-state index contributed by atoms with van der Waals surface area (Å²) in [5, 5.41) is 8.35. The summed E-state index contributed by atoms with van der Waals surface area (Å²) in [6.45, 7) is 5.49. The Morgan fingerprint density at radius 1 is 1.35 bits per heavy atom. The molecule has 1 atom stereocenters. The lowest BCUT2D eigenvalue weighted by atomic mass is 9.94. The van der Waals surface area contributed by atoms with Crippen LogP contribution in [0.3, 0.4) is 0 Å². The Morgan fingerprint density at radius 2 is 2.20 bits per heavy atom. The molecule has 2 aromatic rings. The molecule has 0 amide bonds. The zero-order valence-corrected chi connectivity index (χ0v) is 11.9. The van der Waals surface area contributed by atoms with Gasteiger partial charge < -0.3 is 10.6 Å². The first-order valence-electron chi connectivity index (χ1n) is 7.18. The molecule has 0 spiro atoms. The lowest BCUT2D eigenvalue weighted by Gasteiger charge is -2.34. The van der Waals surface area contributed by atoms with Crippen LogP contribution in [0.25, 0.3) is 0 Å². The van der Waals surface area contributed by atoms with Crippen molar-refractivity contribution in [3.63, 3.8) is 0 Å². The second-order valence-corrected chi connectivity index (χ2v) is 5.58. The molecule has 106 valence electrons. The fraction of sp³-hybridized carbons (Fsp3) is 0.467. The summed E-state index contributed by atoms with van der Waals surface area (Å²) in [7, 11) is 0. The van der Waals surface area contributed by atoms with Gasteiger partial charge in [-0.1, -0.05) is 30.3 Å². The molecular weight excluding hydrogens is 250 g/mol. The van der Waals surface area contributed by atoms with Gasteiger partial charge in [0, 0.05) is 18.8 Å². The Kier molecular flexibility index (Phi) is 3.69. The third-order valence-corrected chi connectivity index (χ3v) is 3.73. The molecule has 2 N–H and O–H groups in total. The first-order valence-corrected chi connectivity index (χ1v) is 7.18. The van der Waals surface area contributed by atoms with Gasteiger partial charge in [-0.2, -0.15) is 0 Å². The smallest absolute Gasteiger partial charge is 0.102 e. The van der Waals surface area contributed by atoms with Gasteiger partial charge in [0.25, 0.3) is 0 Å². The van der Waals surface area contributed by atoms with E-state index in [9.17, 15) is 0 Å². The average molecular weight is 271 g/mol. The fourth-order valence-corrected chi connectivity index (χ4v) is 2.90. The van der Waals surface area contributed by atoms with Crippen molar-refractivity contribution in [2.45, 2.75) is 26.4 Å². The predicted molar refractivity (Wildman–Crippen MR) is 79.4 cm³/mol. The maximum Gasteiger partial charge on any atom is 0.102 e. The Balaban J connectivity index is 1.79. The van der Waals surface area contributed by atoms with E-state index in [1.54, 1.807) is 0 Å². The van der Waals surface area contributed by atoms with Crippen molar-refractivity contribution in [3.05, 3.63) is 41.7 Å². The molecule has 1 aromatic heterocycles.